The molecule has 0 aliphatic rings. The minimum absolute atomic E-state index is 1.31. The molecule has 1 radical (unpaired) electrons. The van der Waals surface area contributed by atoms with E-state index >= 15 is 0 Å². The van der Waals surface area contributed by atoms with Crippen LogP contribution in [0.15, 0.2) is 0 Å². The predicted octanol–water partition coefficient (Wildman–Crippen LogP) is 4.74. The molecule has 0 N–H and O–H groups in total. The minimum atomic E-state index is 1.31. The highest BCUT2D eigenvalue weighted by molar-refractivity contribution is 4.55. The Balaban J connectivity index is 2.73. The fourth-order valence-electron chi connectivity index (χ4n) is 1.48. The summed E-state index contributed by atoms with van der Waals surface area (Å²) in [6, 6.07) is 0. The molecule has 73 valence electrons. The Kier molecular flexibility index (Phi) is 11.0. The third kappa shape index (κ3) is 10.0. The smallest absolute Gasteiger partial charge is 0.0417 e. The SMILES string of the molecule is C[CH]CCCCCCCCCC. The van der Waals surface area contributed by atoms with Gasteiger partial charge in [-0.05, 0) is 6.42 Å². The lowest BCUT2D eigenvalue weighted by Crippen LogP contribution is -1.80. The highest BCUT2D eigenvalue weighted by Crippen LogP contribution is 2.09. The van der Waals surface area contributed by atoms with Crippen LogP contribution in [0, 0.1) is 6.42 Å². The quantitative estimate of drug-likeness (QED) is 0.437. The molecule has 0 saturated carbocycles. The van der Waals surface area contributed by atoms with Gasteiger partial charge >= 0.3 is 0 Å². The average Bonchev–Trinajstić information content (AvgIpc) is 2.10. The predicted molar refractivity (Wildman–Crippen MR) is 57.2 cm³/mol. The van der Waals surface area contributed by atoms with Gasteiger partial charge in [0.15, 0.2) is 0 Å². The highest BCUT2D eigenvalue weighted by atomic mass is 14.0. The summed E-state index contributed by atoms with van der Waals surface area (Å²) >= 11 is 0. The molecule has 0 bridgehead atoms. The van der Waals surface area contributed by atoms with Crippen LogP contribution < -0.4 is 0 Å². The average molecular weight is 169 g/mol. The van der Waals surface area contributed by atoms with Gasteiger partial charge in [-0.3, -0.25) is 0 Å². The first kappa shape index (κ1) is 12.0. The number of hydrogen-bond acceptors (Lipinski definition) is 0. The minimum Gasteiger partial charge on any atom is -0.0654 e. The topological polar surface area (TPSA) is 0 Å². The molecule has 0 atom stereocenters. The molecule has 0 heterocycles. The molecule has 0 aromatic rings. The highest BCUT2D eigenvalue weighted by Gasteiger charge is 1.90. The van der Waals surface area contributed by atoms with E-state index in [1.165, 1.54) is 57.8 Å². The fraction of sp³-hybridized carbons (Fsp3) is 0.917. The molecule has 0 saturated heterocycles. The number of rotatable bonds is 9. The zero-order valence-corrected chi connectivity index (χ0v) is 8.94. The largest absolute Gasteiger partial charge is 0.0654 e. The summed E-state index contributed by atoms with van der Waals surface area (Å²) in [5, 5.41) is 0. The second kappa shape index (κ2) is 11.0. The lowest BCUT2D eigenvalue weighted by Gasteiger charge is -1.99. The van der Waals surface area contributed by atoms with Crippen molar-refractivity contribution in [2.24, 2.45) is 0 Å². The van der Waals surface area contributed by atoms with Gasteiger partial charge in [-0.25, -0.2) is 0 Å². The molecule has 0 heteroatoms. The Morgan fingerprint density at radius 1 is 0.750 bits per heavy atom. The van der Waals surface area contributed by atoms with Gasteiger partial charge in [0, 0.05) is 0 Å². The molecule has 0 rings (SSSR count). The normalized spacial score (nSPS) is 10.5. The van der Waals surface area contributed by atoms with Crippen LogP contribution in [0.4, 0.5) is 0 Å². The summed E-state index contributed by atoms with van der Waals surface area (Å²) in [5.41, 5.74) is 0. The van der Waals surface area contributed by atoms with Crippen LogP contribution in [0.25, 0.3) is 0 Å². The van der Waals surface area contributed by atoms with Gasteiger partial charge in [0.05, 0.1) is 0 Å². The molecule has 0 spiro atoms. The maximum Gasteiger partial charge on any atom is -0.0417 e. The molecule has 0 fully saturated rings. The van der Waals surface area contributed by atoms with Gasteiger partial charge in [0.1, 0.15) is 0 Å². The van der Waals surface area contributed by atoms with Crippen molar-refractivity contribution in [2.75, 3.05) is 0 Å². The lowest BCUT2D eigenvalue weighted by atomic mass is 10.1. The van der Waals surface area contributed by atoms with E-state index in [0.29, 0.717) is 0 Å². The van der Waals surface area contributed by atoms with Crippen molar-refractivity contribution in [1.82, 2.24) is 0 Å². The van der Waals surface area contributed by atoms with Crippen molar-refractivity contribution in [2.45, 2.75) is 71.6 Å². The molecule has 0 amide bonds. The van der Waals surface area contributed by atoms with Crippen LogP contribution >= 0.6 is 0 Å². The van der Waals surface area contributed by atoms with E-state index in [4.69, 9.17) is 0 Å². The molecule has 12 heavy (non-hydrogen) atoms. The van der Waals surface area contributed by atoms with Crippen molar-refractivity contribution in [3.8, 4) is 0 Å². The second-order valence-electron chi connectivity index (χ2n) is 3.67. The Morgan fingerprint density at radius 2 is 1.25 bits per heavy atom. The zero-order valence-electron chi connectivity index (χ0n) is 8.94. The maximum atomic E-state index is 2.27. The first-order chi connectivity index (χ1) is 5.91. The van der Waals surface area contributed by atoms with E-state index in [1.807, 2.05) is 0 Å². The van der Waals surface area contributed by atoms with Gasteiger partial charge in [-0.15, -0.1) is 0 Å². The third-order valence-electron chi connectivity index (χ3n) is 2.35. The van der Waals surface area contributed by atoms with E-state index in [0.717, 1.165) is 0 Å². The molecule has 0 nitrogen and oxygen atoms in total. The molecule has 0 aliphatic heterocycles. The van der Waals surface area contributed by atoms with Crippen molar-refractivity contribution in [3.63, 3.8) is 0 Å². The van der Waals surface area contributed by atoms with Crippen molar-refractivity contribution >= 4 is 0 Å². The molecular weight excluding hydrogens is 144 g/mol. The van der Waals surface area contributed by atoms with Crippen LogP contribution in [0.3, 0.4) is 0 Å². The van der Waals surface area contributed by atoms with E-state index in [1.54, 1.807) is 0 Å². The lowest BCUT2D eigenvalue weighted by molar-refractivity contribution is 0.574. The summed E-state index contributed by atoms with van der Waals surface area (Å²) in [6.45, 7) is 4.43. The van der Waals surface area contributed by atoms with Gasteiger partial charge < -0.3 is 0 Å². The Morgan fingerprint density at radius 3 is 1.75 bits per heavy atom. The van der Waals surface area contributed by atoms with Crippen molar-refractivity contribution < 1.29 is 0 Å². The second-order valence-corrected chi connectivity index (χ2v) is 3.67. The van der Waals surface area contributed by atoms with Gasteiger partial charge in [0.2, 0.25) is 0 Å². The van der Waals surface area contributed by atoms with Crippen LogP contribution in [-0.2, 0) is 0 Å². The standard InChI is InChI=1S/C12H25/c1-3-5-7-9-11-12-10-8-6-4-2/h3H,4-12H2,1-2H3. The Bertz CT molecular complexity index is 56.4. The third-order valence-corrected chi connectivity index (χ3v) is 2.35. The summed E-state index contributed by atoms with van der Waals surface area (Å²) < 4.78 is 0. The zero-order chi connectivity index (χ0) is 9.07. The summed E-state index contributed by atoms with van der Waals surface area (Å²) in [7, 11) is 0. The number of unbranched alkanes of at least 4 members (excludes halogenated alkanes) is 9. The first-order valence-corrected chi connectivity index (χ1v) is 5.69. The van der Waals surface area contributed by atoms with Crippen LogP contribution in [0.2, 0.25) is 0 Å². The maximum absolute atomic E-state index is 2.27. The van der Waals surface area contributed by atoms with E-state index in [9.17, 15) is 0 Å². The molecule has 0 aliphatic carbocycles. The molecule has 0 aromatic carbocycles. The van der Waals surface area contributed by atoms with Crippen LogP contribution in [-0.4, -0.2) is 0 Å². The van der Waals surface area contributed by atoms with E-state index < -0.39 is 0 Å². The molecular formula is C12H25. The molecule has 0 aromatic heterocycles. The van der Waals surface area contributed by atoms with Gasteiger partial charge in [0.25, 0.3) is 0 Å². The van der Waals surface area contributed by atoms with Crippen molar-refractivity contribution in [3.05, 3.63) is 6.42 Å². The Labute approximate surface area is 78.8 Å². The Hall–Kier alpha value is 0. The van der Waals surface area contributed by atoms with Gasteiger partial charge in [-0.2, -0.15) is 0 Å². The van der Waals surface area contributed by atoms with Gasteiger partial charge in [-0.1, -0.05) is 71.6 Å². The monoisotopic (exact) mass is 169 g/mol. The first-order valence-electron chi connectivity index (χ1n) is 5.69. The molecule has 0 unspecified atom stereocenters. The van der Waals surface area contributed by atoms with E-state index in [-0.39, 0.29) is 0 Å². The summed E-state index contributed by atoms with van der Waals surface area (Å²) in [5.74, 6) is 0. The van der Waals surface area contributed by atoms with E-state index in [2.05, 4.69) is 20.3 Å². The van der Waals surface area contributed by atoms with Crippen LogP contribution in [0.1, 0.15) is 71.6 Å². The van der Waals surface area contributed by atoms with Crippen LogP contribution in [0.5, 0.6) is 0 Å². The summed E-state index contributed by atoms with van der Waals surface area (Å²) in [4.78, 5) is 0. The number of hydrogen-bond donors (Lipinski definition) is 0. The fourth-order valence-corrected chi connectivity index (χ4v) is 1.48. The summed E-state index contributed by atoms with van der Waals surface area (Å²) in [6.07, 6.45) is 15.1. The van der Waals surface area contributed by atoms with Crippen molar-refractivity contribution in [1.29, 1.82) is 0 Å².